The topological polar surface area (TPSA) is 36.4 Å². The Hall–Kier alpha value is -2.27. The van der Waals surface area contributed by atoms with Gasteiger partial charge in [0, 0.05) is 38.3 Å². The summed E-state index contributed by atoms with van der Waals surface area (Å²) in [4.78, 5) is 20.9. The maximum absolute atomic E-state index is 13.0. The Labute approximate surface area is 134 Å². The minimum atomic E-state index is -0.214. The first-order valence-electron chi connectivity index (χ1n) is 7.89. The zero-order valence-electron chi connectivity index (χ0n) is 12.7. The molecule has 0 unspecified atom stereocenters. The van der Waals surface area contributed by atoms with Crippen molar-refractivity contribution >= 4 is 11.6 Å². The fourth-order valence-electron chi connectivity index (χ4n) is 3.67. The SMILES string of the molecule is O=C1[C@@H]2CN(Cc3ccc(F)cc3)C[C@@H]2CN1c1cccnc1. The Morgan fingerprint density at radius 3 is 2.65 bits per heavy atom. The second kappa shape index (κ2) is 5.74. The highest BCUT2D eigenvalue weighted by atomic mass is 19.1. The van der Waals surface area contributed by atoms with Crippen LogP contribution >= 0.6 is 0 Å². The van der Waals surface area contributed by atoms with Crippen molar-refractivity contribution < 1.29 is 9.18 Å². The molecule has 0 aliphatic carbocycles. The lowest BCUT2D eigenvalue weighted by atomic mass is 10.0. The molecule has 2 atom stereocenters. The molecular formula is C18H18FN3O. The van der Waals surface area contributed by atoms with Crippen molar-refractivity contribution in [1.82, 2.24) is 9.88 Å². The van der Waals surface area contributed by atoms with Crippen LogP contribution in [-0.4, -0.2) is 35.4 Å². The van der Waals surface area contributed by atoms with E-state index in [-0.39, 0.29) is 17.6 Å². The van der Waals surface area contributed by atoms with Crippen molar-refractivity contribution in [3.05, 3.63) is 60.2 Å². The number of hydrogen-bond acceptors (Lipinski definition) is 3. The number of benzene rings is 1. The van der Waals surface area contributed by atoms with Gasteiger partial charge in [0.2, 0.25) is 5.91 Å². The van der Waals surface area contributed by atoms with Gasteiger partial charge in [0.15, 0.2) is 0 Å². The molecule has 0 radical (unpaired) electrons. The summed E-state index contributed by atoms with van der Waals surface area (Å²) in [5.41, 5.74) is 1.97. The number of fused-ring (bicyclic) bond motifs is 1. The fourth-order valence-corrected chi connectivity index (χ4v) is 3.67. The summed E-state index contributed by atoms with van der Waals surface area (Å²) in [5, 5.41) is 0. The number of likely N-dealkylation sites (tertiary alicyclic amines) is 1. The fraction of sp³-hybridized carbons (Fsp3) is 0.333. The summed E-state index contributed by atoms with van der Waals surface area (Å²) in [6.45, 7) is 3.21. The van der Waals surface area contributed by atoms with E-state index in [1.54, 1.807) is 12.4 Å². The zero-order valence-corrected chi connectivity index (χ0v) is 12.7. The van der Waals surface area contributed by atoms with E-state index in [2.05, 4.69) is 9.88 Å². The largest absolute Gasteiger partial charge is 0.310 e. The summed E-state index contributed by atoms with van der Waals surface area (Å²) >= 11 is 0. The first kappa shape index (κ1) is 14.3. The average molecular weight is 311 g/mol. The molecule has 2 aromatic rings. The Bertz CT molecular complexity index is 704. The van der Waals surface area contributed by atoms with Crippen molar-refractivity contribution in [3.8, 4) is 0 Å². The van der Waals surface area contributed by atoms with Gasteiger partial charge in [-0.15, -0.1) is 0 Å². The standard InChI is InChI=1S/C18H18FN3O/c19-15-5-3-13(4-6-15)9-21-10-14-11-22(18(23)17(14)12-21)16-2-1-7-20-8-16/h1-8,14,17H,9-12H2/t14-,17-/m1/s1. The van der Waals surface area contributed by atoms with Gasteiger partial charge >= 0.3 is 0 Å². The molecule has 23 heavy (non-hydrogen) atoms. The molecule has 118 valence electrons. The first-order chi connectivity index (χ1) is 11.2. The van der Waals surface area contributed by atoms with Crippen LogP contribution in [0.2, 0.25) is 0 Å². The molecule has 1 amide bonds. The second-order valence-electron chi connectivity index (χ2n) is 6.35. The Morgan fingerprint density at radius 1 is 1.13 bits per heavy atom. The van der Waals surface area contributed by atoms with Gasteiger partial charge in [-0.25, -0.2) is 4.39 Å². The molecule has 2 aliphatic rings. The van der Waals surface area contributed by atoms with E-state index >= 15 is 0 Å². The number of rotatable bonds is 3. The van der Waals surface area contributed by atoms with Crippen LogP contribution in [0.15, 0.2) is 48.8 Å². The maximum atomic E-state index is 13.0. The molecule has 3 heterocycles. The highest BCUT2D eigenvalue weighted by molar-refractivity contribution is 5.97. The minimum absolute atomic E-state index is 0.0654. The van der Waals surface area contributed by atoms with E-state index in [1.807, 2.05) is 29.2 Å². The van der Waals surface area contributed by atoms with Crippen molar-refractivity contribution in [2.75, 3.05) is 24.5 Å². The molecule has 4 rings (SSSR count). The predicted molar refractivity (Wildman–Crippen MR) is 85.2 cm³/mol. The van der Waals surface area contributed by atoms with Gasteiger partial charge in [0.25, 0.3) is 0 Å². The maximum Gasteiger partial charge on any atom is 0.231 e. The highest BCUT2D eigenvalue weighted by Crippen LogP contribution is 2.35. The minimum Gasteiger partial charge on any atom is -0.310 e. The number of pyridine rings is 1. The van der Waals surface area contributed by atoms with Crippen LogP contribution in [0.3, 0.4) is 0 Å². The third-order valence-corrected chi connectivity index (χ3v) is 4.79. The number of halogens is 1. The number of carbonyl (C=O) groups is 1. The van der Waals surface area contributed by atoms with E-state index in [9.17, 15) is 9.18 Å². The van der Waals surface area contributed by atoms with E-state index in [0.29, 0.717) is 5.92 Å². The molecule has 1 aromatic carbocycles. The van der Waals surface area contributed by atoms with E-state index in [1.165, 1.54) is 12.1 Å². The normalized spacial score (nSPS) is 24.2. The lowest BCUT2D eigenvalue weighted by Crippen LogP contribution is -2.32. The molecule has 0 saturated carbocycles. The monoisotopic (exact) mass is 311 g/mol. The molecular weight excluding hydrogens is 293 g/mol. The zero-order chi connectivity index (χ0) is 15.8. The summed E-state index contributed by atoms with van der Waals surface area (Å²) < 4.78 is 13.0. The molecule has 0 N–H and O–H groups in total. The molecule has 2 fully saturated rings. The number of hydrogen-bond donors (Lipinski definition) is 0. The van der Waals surface area contributed by atoms with Crippen LogP contribution in [0.1, 0.15) is 5.56 Å². The molecule has 5 heteroatoms. The van der Waals surface area contributed by atoms with Gasteiger partial charge in [0.05, 0.1) is 17.8 Å². The van der Waals surface area contributed by atoms with Crippen molar-refractivity contribution in [3.63, 3.8) is 0 Å². The van der Waals surface area contributed by atoms with Crippen LogP contribution < -0.4 is 4.90 Å². The van der Waals surface area contributed by atoms with E-state index in [4.69, 9.17) is 0 Å². The molecule has 0 bridgehead atoms. The Balaban J connectivity index is 1.43. The van der Waals surface area contributed by atoms with Crippen molar-refractivity contribution in [2.24, 2.45) is 11.8 Å². The summed E-state index contributed by atoms with van der Waals surface area (Å²) in [7, 11) is 0. The number of aromatic nitrogens is 1. The quantitative estimate of drug-likeness (QED) is 0.873. The molecule has 2 aliphatic heterocycles. The second-order valence-corrected chi connectivity index (χ2v) is 6.35. The van der Waals surface area contributed by atoms with Gasteiger partial charge in [-0.3, -0.25) is 14.7 Å². The predicted octanol–water partition coefficient (Wildman–Crippen LogP) is 2.32. The molecule has 0 spiro atoms. The molecule has 4 nitrogen and oxygen atoms in total. The highest BCUT2D eigenvalue weighted by Gasteiger charge is 2.46. The smallest absolute Gasteiger partial charge is 0.231 e. The van der Waals surface area contributed by atoms with E-state index in [0.717, 1.165) is 37.4 Å². The third kappa shape index (κ3) is 2.72. The van der Waals surface area contributed by atoms with Gasteiger partial charge in [-0.05, 0) is 29.8 Å². The van der Waals surface area contributed by atoms with Crippen molar-refractivity contribution in [1.29, 1.82) is 0 Å². The van der Waals surface area contributed by atoms with Crippen LogP contribution in [-0.2, 0) is 11.3 Å². The first-order valence-corrected chi connectivity index (χ1v) is 7.89. The summed E-state index contributed by atoms with van der Waals surface area (Å²) in [5.74, 6) is 0.415. The third-order valence-electron chi connectivity index (χ3n) is 4.79. The van der Waals surface area contributed by atoms with Gasteiger partial charge < -0.3 is 4.90 Å². The number of carbonyl (C=O) groups excluding carboxylic acids is 1. The number of nitrogens with zero attached hydrogens (tertiary/aromatic N) is 3. The van der Waals surface area contributed by atoms with Gasteiger partial charge in [0.1, 0.15) is 5.82 Å². The van der Waals surface area contributed by atoms with Crippen LogP contribution in [0.5, 0.6) is 0 Å². The number of amides is 1. The Morgan fingerprint density at radius 2 is 1.96 bits per heavy atom. The number of anilines is 1. The van der Waals surface area contributed by atoms with Crippen LogP contribution in [0, 0.1) is 17.7 Å². The Kier molecular flexibility index (Phi) is 3.58. The molecule has 2 saturated heterocycles. The molecule has 1 aromatic heterocycles. The van der Waals surface area contributed by atoms with Crippen molar-refractivity contribution in [2.45, 2.75) is 6.54 Å². The van der Waals surface area contributed by atoms with Gasteiger partial charge in [-0.2, -0.15) is 0 Å². The summed E-state index contributed by atoms with van der Waals surface area (Å²) in [6.07, 6.45) is 3.46. The van der Waals surface area contributed by atoms with Crippen LogP contribution in [0.25, 0.3) is 0 Å². The lowest BCUT2D eigenvalue weighted by Gasteiger charge is -2.21. The summed E-state index contributed by atoms with van der Waals surface area (Å²) in [6, 6.07) is 10.4. The van der Waals surface area contributed by atoms with Gasteiger partial charge in [-0.1, -0.05) is 12.1 Å². The lowest BCUT2D eigenvalue weighted by molar-refractivity contribution is -0.120. The average Bonchev–Trinajstić information content (AvgIpc) is 3.10. The van der Waals surface area contributed by atoms with Crippen LogP contribution in [0.4, 0.5) is 10.1 Å². The van der Waals surface area contributed by atoms with E-state index < -0.39 is 0 Å².